The van der Waals surface area contributed by atoms with Crippen LogP contribution in [0.25, 0.3) is 0 Å². The number of ether oxygens (including phenoxy) is 2. The number of benzene rings is 1. The molecule has 0 aliphatic rings. The number of methoxy groups -OCH3 is 2. The molecule has 0 amide bonds. The van der Waals surface area contributed by atoms with Crippen LogP contribution in [0, 0.1) is 6.92 Å². The van der Waals surface area contributed by atoms with Gasteiger partial charge in [0.15, 0.2) is 11.5 Å². The summed E-state index contributed by atoms with van der Waals surface area (Å²) >= 11 is 0. The highest BCUT2D eigenvalue weighted by Crippen LogP contribution is 2.30. The molecule has 0 saturated heterocycles. The molecule has 1 unspecified atom stereocenters. The van der Waals surface area contributed by atoms with Gasteiger partial charge in [0.1, 0.15) is 0 Å². The molecule has 1 atom stereocenters. The molecule has 0 bridgehead atoms. The molecular weight excluding hydrogens is 242 g/mol. The standard InChI is InChI=1S/C15H25NO3/c1-11-8-14(18-4)15(19-5)9-13(11)10-16(3)7-6-12(2)17/h8-9,12,17H,6-7,10H2,1-5H3. The Bertz CT molecular complexity index is 405. The Labute approximate surface area is 115 Å². The Hall–Kier alpha value is -1.26. The number of aliphatic hydroxyl groups excluding tert-OH is 1. The van der Waals surface area contributed by atoms with Crippen molar-refractivity contribution in [2.24, 2.45) is 0 Å². The van der Waals surface area contributed by atoms with Crippen molar-refractivity contribution in [3.05, 3.63) is 23.3 Å². The average molecular weight is 267 g/mol. The van der Waals surface area contributed by atoms with Gasteiger partial charge in [-0.3, -0.25) is 0 Å². The molecule has 1 N–H and O–H groups in total. The van der Waals surface area contributed by atoms with Crippen molar-refractivity contribution in [1.29, 1.82) is 0 Å². The predicted molar refractivity (Wildman–Crippen MR) is 76.9 cm³/mol. The molecule has 0 heterocycles. The molecule has 4 heteroatoms. The van der Waals surface area contributed by atoms with E-state index < -0.39 is 0 Å². The van der Waals surface area contributed by atoms with Gasteiger partial charge in [0.2, 0.25) is 0 Å². The van der Waals surface area contributed by atoms with Gasteiger partial charge >= 0.3 is 0 Å². The molecule has 0 aromatic heterocycles. The van der Waals surface area contributed by atoms with Crippen LogP contribution in [0.1, 0.15) is 24.5 Å². The first-order chi connectivity index (χ1) is 8.97. The van der Waals surface area contributed by atoms with Crippen molar-refractivity contribution in [2.45, 2.75) is 32.9 Å². The minimum atomic E-state index is -0.256. The van der Waals surface area contributed by atoms with Crippen LogP contribution in [0.2, 0.25) is 0 Å². The van der Waals surface area contributed by atoms with E-state index in [1.807, 2.05) is 19.1 Å². The first-order valence-corrected chi connectivity index (χ1v) is 6.56. The van der Waals surface area contributed by atoms with Crippen molar-refractivity contribution in [3.63, 3.8) is 0 Å². The second-order valence-corrected chi connectivity index (χ2v) is 5.01. The summed E-state index contributed by atoms with van der Waals surface area (Å²) in [7, 11) is 5.35. The molecule has 0 fully saturated rings. The zero-order chi connectivity index (χ0) is 14.4. The predicted octanol–water partition coefficient (Wildman–Crippen LogP) is 2.21. The van der Waals surface area contributed by atoms with Crippen LogP contribution in [0.5, 0.6) is 11.5 Å². The van der Waals surface area contributed by atoms with E-state index in [0.717, 1.165) is 31.0 Å². The lowest BCUT2D eigenvalue weighted by Gasteiger charge is -2.20. The maximum atomic E-state index is 9.31. The first-order valence-electron chi connectivity index (χ1n) is 6.56. The maximum Gasteiger partial charge on any atom is 0.161 e. The fourth-order valence-corrected chi connectivity index (χ4v) is 1.97. The number of hydrogen-bond donors (Lipinski definition) is 1. The zero-order valence-electron chi connectivity index (χ0n) is 12.6. The van der Waals surface area contributed by atoms with E-state index in [0.29, 0.717) is 0 Å². The summed E-state index contributed by atoms with van der Waals surface area (Å²) in [4.78, 5) is 2.20. The second kappa shape index (κ2) is 7.36. The quantitative estimate of drug-likeness (QED) is 0.822. The SMILES string of the molecule is COc1cc(C)c(CN(C)CCC(C)O)cc1OC. The Morgan fingerprint density at radius 2 is 1.79 bits per heavy atom. The number of rotatable bonds is 7. The van der Waals surface area contributed by atoms with Crippen molar-refractivity contribution < 1.29 is 14.6 Å². The molecule has 0 saturated carbocycles. The number of hydrogen-bond acceptors (Lipinski definition) is 4. The molecule has 108 valence electrons. The first kappa shape index (κ1) is 15.8. The van der Waals surface area contributed by atoms with Crippen LogP contribution in [0.15, 0.2) is 12.1 Å². The lowest BCUT2D eigenvalue weighted by Crippen LogP contribution is -2.22. The Kier molecular flexibility index (Phi) is 6.12. The molecule has 4 nitrogen and oxygen atoms in total. The smallest absolute Gasteiger partial charge is 0.161 e. The van der Waals surface area contributed by atoms with Gasteiger partial charge < -0.3 is 19.5 Å². The summed E-state index contributed by atoms with van der Waals surface area (Å²) in [5.41, 5.74) is 2.40. The van der Waals surface area contributed by atoms with Gasteiger partial charge in [-0.25, -0.2) is 0 Å². The molecule has 1 rings (SSSR count). The largest absolute Gasteiger partial charge is 0.493 e. The van der Waals surface area contributed by atoms with Gasteiger partial charge in [-0.1, -0.05) is 0 Å². The van der Waals surface area contributed by atoms with Crippen molar-refractivity contribution in [2.75, 3.05) is 27.8 Å². The summed E-state index contributed by atoms with van der Waals surface area (Å²) in [5.74, 6) is 1.52. The van der Waals surface area contributed by atoms with Crippen molar-refractivity contribution >= 4 is 0 Å². The summed E-state index contributed by atoms with van der Waals surface area (Å²) < 4.78 is 10.6. The van der Waals surface area contributed by atoms with E-state index in [1.54, 1.807) is 14.2 Å². The Morgan fingerprint density at radius 3 is 2.32 bits per heavy atom. The number of nitrogens with zero attached hydrogens (tertiary/aromatic N) is 1. The van der Waals surface area contributed by atoms with Gasteiger partial charge in [0.05, 0.1) is 20.3 Å². The molecule has 1 aromatic rings. The third kappa shape index (κ3) is 4.73. The summed E-state index contributed by atoms with van der Waals surface area (Å²) in [5, 5.41) is 9.31. The lowest BCUT2D eigenvalue weighted by atomic mass is 10.1. The van der Waals surface area contributed by atoms with Gasteiger partial charge in [0.25, 0.3) is 0 Å². The Morgan fingerprint density at radius 1 is 1.21 bits per heavy atom. The molecule has 19 heavy (non-hydrogen) atoms. The molecule has 0 spiro atoms. The van der Waals surface area contributed by atoms with Crippen LogP contribution in [0.4, 0.5) is 0 Å². The van der Waals surface area contributed by atoms with Crippen molar-refractivity contribution in [1.82, 2.24) is 4.90 Å². The summed E-state index contributed by atoms with van der Waals surface area (Å²) in [6, 6.07) is 4.02. The summed E-state index contributed by atoms with van der Waals surface area (Å²) in [6.45, 7) is 5.58. The lowest BCUT2D eigenvalue weighted by molar-refractivity contribution is 0.163. The highest BCUT2D eigenvalue weighted by atomic mass is 16.5. The van der Waals surface area contributed by atoms with Crippen LogP contribution >= 0.6 is 0 Å². The number of aliphatic hydroxyl groups is 1. The normalized spacial score (nSPS) is 12.6. The minimum absolute atomic E-state index is 0.256. The summed E-state index contributed by atoms with van der Waals surface area (Å²) in [6.07, 6.45) is 0.525. The third-order valence-corrected chi connectivity index (χ3v) is 3.21. The van der Waals surface area contributed by atoms with E-state index in [1.165, 1.54) is 11.1 Å². The van der Waals surface area contributed by atoms with Gasteiger partial charge in [0, 0.05) is 13.1 Å². The fraction of sp³-hybridized carbons (Fsp3) is 0.600. The number of aryl methyl sites for hydroxylation is 1. The van der Waals surface area contributed by atoms with Crippen LogP contribution < -0.4 is 9.47 Å². The highest BCUT2D eigenvalue weighted by Gasteiger charge is 2.10. The van der Waals surface area contributed by atoms with Gasteiger partial charge in [-0.2, -0.15) is 0 Å². The highest BCUT2D eigenvalue weighted by molar-refractivity contribution is 5.46. The average Bonchev–Trinajstić information content (AvgIpc) is 2.38. The van der Waals surface area contributed by atoms with E-state index in [4.69, 9.17) is 9.47 Å². The fourth-order valence-electron chi connectivity index (χ4n) is 1.97. The van der Waals surface area contributed by atoms with Crippen LogP contribution in [0.3, 0.4) is 0 Å². The van der Waals surface area contributed by atoms with E-state index in [2.05, 4.69) is 18.9 Å². The topological polar surface area (TPSA) is 41.9 Å². The maximum absolute atomic E-state index is 9.31. The monoisotopic (exact) mass is 267 g/mol. The second-order valence-electron chi connectivity index (χ2n) is 5.01. The molecule has 1 aromatic carbocycles. The van der Waals surface area contributed by atoms with E-state index >= 15 is 0 Å². The molecule has 0 aliphatic heterocycles. The molecular formula is C15H25NO3. The van der Waals surface area contributed by atoms with Crippen molar-refractivity contribution in [3.8, 4) is 11.5 Å². The van der Waals surface area contributed by atoms with Gasteiger partial charge in [-0.15, -0.1) is 0 Å². The zero-order valence-corrected chi connectivity index (χ0v) is 12.6. The third-order valence-electron chi connectivity index (χ3n) is 3.21. The Balaban J connectivity index is 2.77. The van der Waals surface area contributed by atoms with Crippen LogP contribution in [-0.2, 0) is 6.54 Å². The minimum Gasteiger partial charge on any atom is -0.493 e. The van der Waals surface area contributed by atoms with E-state index in [9.17, 15) is 5.11 Å². The van der Waals surface area contributed by atoms with Gasteiger partial charge in [-0.05, 0) is 50.6 Å². The van der Waals surface area contributed by atoms with E-state index in [-0.39, 0.29) is 6.10 Å². The van der Waals surface area contributed by atoms with Crippen LogP contribution in [-0.4, -0.2) is 43.9 Å². The molecule has 0 radical (unpaired) electrons. The molecule has 0 aliphatic carbocycles.